The van der Waals surface area contributed by atoms with E-state index in [0.717, 1.165) is 63.3 Å². The Hall–Kier alpha value is -1.83. The van der Waals surface area contributed by atoms with Gasteiger partial charge in [-0.3, -0.25) is 9.80 Å². The van der Waals surface area contributed by atoms with Gasteiger partial charge in [-0.15, -0.1) is 0 Å². The van der Waals surface area contributed by atoms with Crippen LogP contribution in [0.4, 0.5) is 11.6 Å². The van der Waals surface area contributed by atoms with Crippen molar-refractivity contribution in [3.8, 4) is 0 Å². The van der Waals surface area contributed by atoms with Crippen LogP contribution >= 0.6 is 11.6 Å². The van der Waals surface area contributed by atoms with Crippen LogP contribution < -0.4 is 9.80 Å². The number of aromatic nitrogens is 3. The topological polar surface area (TPSA) is 54.5 Å². The summed E-state index contributed by atoms with van der Waals surface area (Å²) in [5.74, 6) is 0.896. The van der Waals surface area contributed by atoms with E-state index in [9.17, 15) is 0 Å². The van der Waals surface area contributed by atoms with Gasteiger partial charge in [0.25, 0.3) is 0 Å². The molecule has 2 aliphatic rings. The second-order valence-corrected chi connectivity index (χ2v) is 7.74. The van der Waals surface area contributed by atoms with E-state index in [1.54, 1.807) is 6.33 Å². The first kappa shape index (κ1) is 18.5. The van der Waals surface area contributed by atoms with Crippen LogP contribution in [0.25, 0.3) is 0 Å². The van der Waals surface area contributed by atoms with Gasteiger partial charge in [-0.05, 0) is 37.7 Å². The Labute approximate surface area is 165 Å². The third-order valence-electron chi connectivity index (χ3n) is 5.57. The molecule has 0 radical (unpaired) electrons. The molecule has 0 spiro atoms. The number of aromatic amines is 1. The van der Waals surface area contributed by atoms with E-state index in [2.05, 4.69) is 46.9 Å². The summed E-state index contributed by atoms with van der Waals surface area (Å²) >= 11 is 6.12. The Bertz CT molecular complexity index is 692. The molecule has 1 N–H and O–H groups in total. The minimum absolute atomic E-state index is 0.818. The van der Waals surface area contributed by atoms with Gasteiger partial charge in [0.1, 0.15) is 6.33 Å². The third-order valence-corrected chi connectivity index (χ3v) is 5.80. The number of hydrogen-bond donors (Lipinski definition) is 1. The molecule has 27 heavy (non-hydrogen) atoms. The molecule has 0 saturated carbocycles. The van der Waals surface area contributed by atoms with Gasteiger partial charge in [-0.2, -0.15) is 10.1 Å². The zero-order valence-corrected chi connectivity index (χ0v) is 16.5. The quantitative estimate of drug-likeness (QED) is 0.813. The summed E-state index contributed by atoms with van der Waals surface area (Å²) in [5, 5.41) is 7.71. The summed E-state index contributed by atoms with van der Waals surface area (Å²) in [6, 6.07) is 8.19. The third kappa shape index (κ3) is 4.91. The van der Waals surface area contributed by atoms with Crippen molar-refractivity contribution in [3.05, 3.63) is 35.6 Å². The molecule has 8 heteroatoms. The zero-order chi connectivity index (χ0) is 18.5. The van der Waals surface area contributed by atoms with Crippen molar-refractivity contribution < 1.29 is 0 Å². The second-order valence-electron chi connectivity index (χ2n) is 7.30. The lowest BCUT2D eigenvalue weighted by Crippen LogP contribution is -2.49. The minimum atomic E-state index is 0.818. The van der Waals surface area contributed by atoms with E-state index in [1.807, 2.05) is 12.1 Å². The average Bonchev–Trinajstić information content (AvgIpc) is 3.24. The number of piperazine rings is 2. The lowest BCUT2D eigenvalue weighted by atomic mass is 10.2. The first-order valence-electron chi connectivity index (χ1n) is 9.83. The highest BCUT2D eigenvalue weighted by atomic mass is 35.5. The predicted octanol–water partition coefficient (Wildman–Crippen LogP) is 1.79. The molecule has 146 valence electrons. The van der Waals surface area contributed by atoms with Gasteiger partial charge in [0.05, 0.1) is 0 Å². The number of hydrogen-bond acceptors (Lipinski definition) is 6. The Morgan fingerprint density at radius 1 is 0.889 bits per heavy atom. The molecule has 1 aromatic heterocycles. The number of nitrogens with one attached hydrogen (secondary N) is 1. The number of anilines is 2. The molecule has 2 fully saturated rings. The summed E-state index contributed by atoms with van der Waals surface area (Å²) in [5.41, 5.74) is 1.24. The molecule has 2 aliphatic heterocycles. The summed E-state index contributed by atoms with van der Waals surface area (Å²) in [6.07, 6.45) is 2.81. The zero-order valence-electron chi connectivity index (χ0n) is 15.7. The van der Waals surface area contributed by atoms with Crippen molar-refractivity contribution in [2.45, 2.75) is 6.42 Å². The van der Waals surface area contributed by atoms with Gasteiger partial charge in [-0.25, -0.2) is 5.10 Å². The largest absolute Gasteiger partial charge is 0.369 e. The highest BCUT2D eigenvalue weighted by Gasteiger charge is 2.20. The van der Waals surface area contributed by atoms with E-state index in [0.29, 0.717) is 0 Å². The van der Waals surface area contributed by atoms with E-state index in [4.69, 9.17) is 11.6 Å². The van der Waals surface area contributed by atoms with Gasteiger partial charge < -0.3 is 9.80 Å². The number of halogens is 1. The van der Waals surface area contributed by atoms with Gasteiger partial charge in [0.2, 0.25) is 5.95 Å². The fraction of sp³-hybridized carbons (Fsp3) is 0.579. The molecular formula is C19H28ClN7. The molecule has 4 rings (SSSR count). The highest BCUT2D eigenvalue weighted by Crippen LogP contribution is 2.20. The van der Waals surface area contributed by atoms with Crippen molar-refractivity contribution in [2.75, 3.05) is 75.2 Å². The van der Waals surface area contributed by atoms with Crippen LogP contribution in [-0.2, 0) is 0 Å². The maximum atomic E-state index is 6.12. The molecule has 2 aromatic rings. The molecule has 0 atom stereocenters. The van der Waals surface area contributed by atoms with Crippen LogP contribution in [0.5, 0.6) is 0 Å². The van der Waals surface area contributed by atoms with Crippen LogP contribution in [0.2, 0.25) is 5.02 Å². The van der Waals surface area contributed by atoms with Gasteiger partial charge >= 0.3 is 0 Å². The monoisotopic (exact) mass is 389 g/mol. The first-order valence-corrected chi connectivity index (χ1v) is 10.2. The summed E-state index contributed by atoms with van der Waals surface area (Å²) in [7, 11) is 0. The Morgan fingerprint density at radius 3 is 2.15 bits per heavy atom. The Balaban J connectivity index is 1.13. The first-order chi connectivity index (χ1) is 13.3. The molecule has 3 heterocycles. The molecule has 7 nitrogen and oxygen atoms in total. The van der Waals surface area contributed by atoms with Crippen molar-refractivity contribution in [1.82, 2.24) is 25.0 Å². The Morgan fingerprint density at radius 2 is 1.56 bits per heavy atom. The fourth-order valence-electron chi connectivity index (χ4n) is 3.96. The molecule has 0 bridgehead atoms. The molecule has 0 amide bonds. The smallest absolute Gasteiger partial charge is 0.221 e. The second kappa shape index (κ2) is 8.91. The minimum Gasteiger partial charge on any atom is -0.369 e. The van der Waals surface area contributed by atoms with Gasteiger partial charge in [-0.1, -0.05) is 17.7 Å². The maximum absolute atomic E-state index is 6.12. The van der Waals surface area contributed by atoms with Crippen molar-refractivity contribution in [2.24, 2.45) is 0 Å². The number of rotatable bonds is 6. The molecule has 1 aromatic carbocycles. The Kier molecular flexibility index (Phi) is 6.11. The maximum Gasteiger partial charge on any atom is 0.221 e. The lowest BCUT2D eigenvalue weighted by molar-refractivity contribution is 0.212. The number of benzene rings is 1. The van der Waals surface area contributed by atoms with Gasteiger partial charge in [0, 0.05) is 63.1 Å². The fourth-order valence-corrected chi connectivity index (χ4v) is 4.14. The van der Waals surface area contributed by atoms with E-state index < -0.39 is 0 Å². The van der Waals surface area contributed by atoms with Crippen LogP contribution in [0.3, 0.4) is 0 Å². The van der Waals surface area contributed by atoms with Gasteiger partial charge in [0.15, 0.2) is 0 Å². The normalized spacial score (nSPS) is 19.6. The van der Waals surface area contributed by atoms with E-state index in [1.165, 1.54) is 25.2 Å². The van der Waals surface area contributed by atoms with Crippen LogP contribution in [0, 0.1) is 0 Å². The van der Waals surface area contributed by atoms with Crippen molar-refractivity contribution >= 4 is 23.2 Å². The van der Waals surface area contributed by atoms with Crippen molar-refractivity contribution in [3.63, 3.8) is 0 Å². The van der Waals surface area contributed by atoms with Crippen molar-refractivity contribution in [1.29, 1.82) is 0 Å². The van der Waals surface area contributed by atoms with Crippen LogP contribution in [0.15, 0.2) is 30.6 Å². The standard InChI is InChI=1S/C19H28ClN7/c20-17-3-1-4-18(15-17)26-11-7-24(8-12-26)5-2-6-25-9-13-27(14-10-25)19-21-16-22-23-19/h1,3-4,15-16H,2,5-14H2,(H,21,22,23). The summed E-state index contributed by atoms with van der Waals surface area (Å²) in [4.78, 5) is 14.1. The summed E-state index contributed by atoms with van der Waals surface area (Å²) in [6.45, 7) is 11.0. The van der Waals surface area contributed by atoms with Crippen LogP contribution in [-0.4, -0.2) is 90.4 Å². The highest BCUT2D eigenvalue weighted by molar-refractivity contribution is 6.30. The van der Waals surface area contributed by atoms with E-state index in [-0.39, 0.29) is 0 Å². The van der Waals surface area contributed by atoms with E-state index >= 15 is 0 Å². The SMILES string of the molecule is Clc1cccc(N2CCN(CCCN3CCN(c4ncn[nH]4)CC3)CC2)c1. The molecular weight excluding hydrogens is 362 g/mol. The lowest BCUT2D eigenvalue weighted by Gasteiger charge is -2.37. The molecule has 0 unspecified atom stereocenters. The predicted molar refractivity (Wildman–Crippen MR) is 110 cm³/mol. The summed E-state index contributed by atoms with van der Waals surface area (Å²) < 4.78 is 0. The molecule has 2 saturated heterocycles. The number of nitrogens with zero attached hydrogens (tertiary/aromatic N) is 6. The average molecular weight is 390 g/mol. The van der Waals surface area contributed by atoms with Crippen LogP contribution in [0.1, 0.15) is 6.42 Å². The molecule has 0 aliphatic carbocycles. The number of H-pyrrole nitrogens is 1.